The molecule has 1 aliphatic rings. The van der Waals surface area contributed by atoms with Gasteiger partial charge in [0.05, 0.1) is 11.8 Å². The van der Waals surface area contributed by atoms with E-state index in [2.05, 4.69) is 10.3 Å². The molecule has 3 nitrogen and oxygen atoms in total. The fourth-order valence-corrected chi connectivity index (χ4v) is 2.20. The molecule has 1 fully saturated rings. The first-order valence-corrected chi connectivity index (χ1v) is 5.71. The maximum absolute atomic E-state index is 12.8. The summed E-state index contributed by atoms with van der Waals surface area (Å²) in [7, 11) is 0. The molecular formula is C12H17FN2O. The van der Waals surface area contributed by atoms with Gasteiger partial charge in [0, 0.05) is 19.3 Å². The molecule has 0 amide bonds. The van der Waals surface area contributed by atoms with Gasteiger partial charge >= 0.3 is 0 Å². The Bertz CT molecular complexity index is 351. The quantitative estimate of drug-likeness (QED) is 0.816. The van der Waals surface area contributed by atoms with E-state index < -0.39 is 5.60 Å². The summed E-state index contributed by atoms with van der Waals surface area (Å²) >= 11 is 0. The number of nitrogens with zero attached hydrogens (tertiary/aromatic N) is 1. The lowest BCUT2D eigenvalue weighted by Gasteiger charge is -2.22. The summed E-state index contributed by atoms with van der Waals surface area (Å²) in [5, 5.41) is 13.2. The first-order valence-electron chi connectivity index (χ1n) is 5.71. The Balaban J connectivity index is 1.79. The van der Waals surface area contributed by atoms with Gasteiger partial charge in [-0.05, 0) is 24.5 Å². The number of hydrogen-bond donors (Lipinski definition) is 2. The summed E-state index contributed by atoms with van der Waals surface area (Å²) in [6.07, 6.45) is 6.74. The summed E-state index contributed by atoms with van der Waals surface area (Å²) in [4.78, 5) is 3.77. The minimum absolute atomic E-state index is 0.320. The molecule has 0 atom stereocenters. The second kappa shape index (κ2) is 4.89. The first kappa shape index (κ1) is 11.5. The van der Waals surface area contributed by atoms with Gasteiger partial charge in [-0.3, -0.25) is 4.98 Å². The van der Waals surface area contributed by atoms with Crippen molar-refractivity contribution in [3.8, 4) is 0 Å². The topological polar surface area (TPSA) is 45.1 Å². The van der Waals surface area contributed by atoms with E-state index in [1.165, 1.54) is 12.3 Å². The van der Waals surface area contributed by atoms with E-state index in [0.717, 1.165) is 31.2 Å². The zero-order valence-electron chi connectivity index (χ0n) is 9.25. The molecule has 2 N–H and O–H groups in total. The van der Waals surface area contributed by atoms with Crippen molar-refractivity contribution in [3.63, 3.8) is 0 Å². The zero-order chi connectivity index (χ0) is 11.4. The third-order valence-corrected chi connectivity index (χ3v) is 3.08. The van der Waals surface area contributed by atoms with Crippen molar-refractivity contribution in [1.29, 1.82) is 0 Å². The van der Waals surface area contributed by atoms with E-state index in [1.54, 1.807) is 6.20 Å². The zero-order valence-corrected chi connectivity index (χ0v) is 9.25. The van der Waals surface area contributed by atoms with E-state index in [-0.39, 0.29) is 5.82 Å². The van der Waals surface area contributed by atoms with Crippen LogP contribution in [-0.2, 0) is 6.54 Å². The highest BCUT2D eigenvalue weighted by atomic mass is 19.1. The van der Waals surface area contributed by atoms with Crippen LogP contribution in [0.15, 0.2) is 18.5 Å². The number of hydrogen-bond acceptors (Lipinski definition) is 3. The van der Waals surface area contributed by atoms with Crippen molar-refractivity contribution in [2.75, 3.05) is 6.54 Å². The Morgan fingerprint density at radius 1 is 1.38 bits per heavy atom. The number of nitrogens with one attached hydrogen (secondary N) is 1. The summed E-state index contributed by atoms with van der Waals surface area (Å²) in [6.45, 7) is 1.12. The first-order chi connectivity index (χ1) is 7.68. The minimum atomic E-state index is -0.555. The van der Waals surface area contributed by atoms with Gasteiger partial charge in [-0.25, -0.2) is 4.39 Å². The van der Waals surface area contributed by atoms with E-state index in [0.29, 0.717) is 13.1 Å². The number of halogens is 1. The van der Waals surface area contributed by atoms with Gasteiger partial charge < -0.3 is 10.4 Å². The number of pyridine rings is 1. The highest BCUT2D eigenvalue weighted by Gasteiger charge is 2.30. The van der Waals surface area contributed by atoms with Crippen LogP contribution in [0.3, 0.4) is 0 Å². The molecule has 4 heteroatoms. The smallest absolute Gasteiger partial charge is 0.141 e. The van der Waals surface area contributed by atoms with Crippen LogP contribution in [0.5, 0.6) is 0 Å². The van der Waals surface area contributed by atoms with E-state index in [4.69, 9.17) is 0 Å². The van der Waals surface area contributed by atoms with E-state index >= 15 is 0 Å². The SMILES string of the molecule is OC1(CNCc2cncc(F)c2)CCCC1. The largest absolute Gasteiger partial charge is 0.389 e. The molecule has 88 valence electrons. The summed E-state index contributed by atoms with van der Waals surface area (Å²) in [6, 6.07) is 1.46. The lowest BCUT2D eigenvalue weighted by Crippen LogP contribution is -2.37. The van der Waals surface area contributed by atoms with Crippen LogP contribution >= 0.6 is 0 Å². The molecule has 0 saturated heterocycles. The lowest BCUT2D eigenvalue weighted by molar-refractivity contribution is 0.0475. The molecular weight excluding hydrogens is 207 g/mol. The van der Waals surface area contributed by atoms with Crippen LogP contribution in [0.4, 0.5) is 4.39 Å². The van der Waals surface area contributed by atoms with E-state index in [9.17, 15) is 9.50 Å². The third-order valence-electron chi connectivity index (χ3n) is 3.08. The molecule has 1 heterocycles. The Morgan fingerprint density at radius 3 is 2.81 bits per heavy atom. The molecule has 0 aliphatic heterocycles. The van der Waals surface area contributed by atoms with Gasteiger partial charge in [0.25, 0.3) is 0 Å². The van der Waals surface area contributed by atoms with Crippen LogP contribution in [0.25, 0.3) is 0 Å². The standard InChI is InChI=1S/C12H17FN2O/c13-11-5-10(6-14-8-11)7-15-9-12(16)3-1-2-4-12/h5-6,8,15-16H,1-4,7,9H2. The maximum atomic E-state index is 12.8. The van der Waals surface area contributed by atoms with Crippen molar-refractivity contribution in [2.45, 2.75) is 37.8 Å². The van der Waals surface area contributed by atoms with Crippen LogP contribution in [-0.4, -0.2) is 22.2 Å². The van der Waals surface area contributed by atoms with Gasteiger partial charge in [-0.15, -0.1) is 0 Å². The molecule has 0 radical (unpaired) electrons. The molecule has 1 saturated carbocycles. The maximum Gasteiger partial charge on any atom is 0.141 e. The van der Waals surface area contributed by atoms with Crippen molar-refractivity contribution in [3.05, 3.63) is 29.8 Å². The monoisotopic (exact) mass is 224 g/mol. The predicted molar refractivity (Wildman–Crippen MR) is 59.3 cm³/mol. The summed E-state index contributed by atoms with van der Waals surface area (Å²) < 4.78 is 12.8. The van der Waals surface area contributed by atoms with Crippen molar-refractivity contribution in [2.24, 2.45) is 0 Å². The molecule has 0 aromatic carbocycles. The molecule has 0 unspecified atom stereocenters. The average molecular weight is 224 g/mol. The van der Waals surface area contributed by atoms with Crippen molar-refractivity contribution < 1.29 is 9.50 Å². The molecule has 2 rings (SSSR count). The lowest BCUT2D eigenvalue weighted by atomic mass is 10.0. The van der Waals surface area contributed by atoms with Gasteiger partial charge in [0.15, 0.2) is 0 Å². The highest BCUT2D eigenvalue weighted by molar-refractivity contribution is 5.09. The van der Waals surface area contributed by atoms with Crippen molar-refractivity contribution in [1.82, 2.24) is 10.3 Å². The Hall–Kier alpha value is -1.00. The minimum Gasteiger partial charge on any atom is -0.389 e. The fraction of sp³-hybridized carbons (Fsp3) is 0.583. The Morgan fingerprint density at radius 2 is 2.12 bits per heavy atom. The number of aromatic nitrogens is 1. The number of rotatable bonds is 4. The van der Waals surface area contributed by atoms with Gasteiger partial charge in [-0.2, -0.15) is 0 Å². The van der Waals surface area contributed by atoms with Gasteiger partial charge in [0.1, 0.15) is 5.82 Å². The molecule has 16 heavy (non-hydrogen) atoms. The molecule has 0 spiro atoms. The van der Waals surface area contributed by atoms with Crippen molar-refractivity contribution >= 4 is 0 Å². The van der Waals surface area contributed by atoms with Crippen LogP contribution in [0.2, 0.25) is 0 Å². The fourth-order valence-electron chi connectivity index (χ4n) is 2.20. The summed E-state index contributed by atoms with van der Waals surface area (Å²) in [5.41, 5.74) is 0.252. The van der Waals surface area contributed by atoms with Gasteiger partial charge in [0.2, 0.25) is 0 Å². The molecule has 1 aromatic rings. The molecule has 1 aromatic heterocycles. The van der Waals surface area contributed by atoms with Crippen LogP contribution in [0.1, 0.15) is 31.2 Å². The molecule has 1 aliphatic carbocycles. The second-order valence-electron chi connectivity index (χ2n) is 4.55. The second-order valence-corrected chi connectivity index (χ2v) is 4.55. The third kappa shape index (κ3) is 3.00. The number of aliphatic hydroxyl groups is 1. The molecule has 0 bridgehead atoms. The van der Waals surface area contributed by atoms with Gasteiger partial charge in [-0.1, -0.05) is 12.8 Å². The van der Waals surface area contributed by atoms with Crippen LogP contribution in [0, 0.1) is 5.82 Å². The normalized spacial score (nSPS) is 18.9. The average Bonchev–Trinajstić information content (AvgIpc) is 2.65. The predicted octanol–water partition coefficient (Wildman–Crippen LogP) is 1.62. The van der Waals surface area contributed by atoms with Crippen LogP contribution < -0.4 is 5.32 Å². The highest BCUT2D eigenvalue weighted by Crippen LogP contribution is 2.28. The Labute approximate surface area is 94.7 Å². The summed E-state index contributed by atoms with van der Waals surface area (Å²) in [5.74, 6) is -0.320. The Kier molecular flexibility index (Phi) is 3.51. The van der Waals surface area contributed by atoms with E-state index in [1.807, 2.05) is 0 Å².